The van der Waals surface area contributed by atoms with Gasteiger partial charge in [-0.1, -0.05) is 19.9 Å². The maximum atomic E-state index is 12.3. The Hall–Kier alpha value is -0.920. The molecule has 0 aromatic heterocycles. The molecule has 4 aliphatic carbocycles. The molecule has 0 heterocycles. The normalized spacial score (nSPS) is 52.3. The summed E-state index contributed by atoms with van der Waals surface area (Å²) in [6, 6.07) is 0. The van der Waals surface area contributed by atoms with E-state index in [9.17, 15) is 9.59 Å². The number of Topliss-reactive ketones (excluding diaryl/α,β-unsaturated/α-hetero) is 1. The van der Waals surface area contributed by atoms with Crippen molar-refractivity contribution in [1.82, 2.24) is 0 Å². The molecule has 0 bridgehead atoms. The van der Waals surface area contributed by atoms with Gasteiger partial charge in [0.2, 0.25) is 0 Å². The molecule has 2 nitrogen and oxygen atoms in total. The average molecular weight is 286 g/mol. The van der Waals surface area contributed by atoms with E-state index in [-0.39, 0.29) is 5.41 Å². The highest BCUT2D eigenvalue weighted by Gasteiger charge is 2.58. The fourth-order valence-electron chi connectivity index (χ4n) is 6.32. The van der Waals surface area contributed by atoms with Gasteiger partial charge in [0.1, 0.15) is 5.78 Å². The largest absolute Gasteiger partial charge is 0.300 e. The molecule has 0 aromatic rings. The highest BCUT2D eigenvalue weighted by molar-refractivity contribution is 5.97. The number of rotatable bonds is 0. The number of carbonyl (C=O) groups is 2. The predicted octanol–water partition coefficient (Wildman–Crippen LogP) is 3.94. The molecule has 0 unspecified atom stereocenters. The lowest BCUT2D eigenvalue weighted by molar-refractivity contribution is -0.142. The molecule has 0 radical (unpaired) electrons. The zero-order chi connectivity index (χ0) is 14.8. The van der Waals surface area contributed by atoms with E-state index in [1.165, 1.54) is 19.3 Å². The van der Waals surface area contributed by atoms with Gasteiger partial charge in [-0.2, -0.15) is 0 Å². The van der Waals surface area contributed by atoms with E-state index in [2.05, 4.69) is 19.9 Å². The van der Waals surface area contributed by atoms with Crippen LogP contribution >= 0.6 is 0 Å². The summed E-state index contributed by atoms with van der Waals surface area (Å²) in [7, 11) is 0. The van der Waals surface area contributed by atoms with Crippen molar-refractivity contribution in [2.75, 3.05) is 0 Å². The maximum absolute atomic E-state index is 12.3. The van der Waals surface area contributed by atoms with Crippen molar-refractivity contribution >= 4 is 11.6 Å². The summed E-state index contributed by atoms with van der Waals surface area (Å²) in [5, 5.41) is 0. The molecule has 6 atom stereocenters. The molecular weight excluding hydrogens is 260 g/mol. The Balaban J connectivity index is 1.67. The minimum absolute atomic E-state index is 0.116. The number of allylic oxidation sites excluding steroid dienone is 2. The number of carbonyl (C=O) groups excluding carboxylic acids is 2. The van der Waals surface area contributed by atoms with Crippen LogP contribution in [0.1, 0.15) is 58.8 Å². The van der Waals surface area contributed by atoms with Crippen LogP contribution < -0.4 is 0 Å². The summed E-state index contributed by atoms with van der Waals surface area (Å²) >= 11 is 0. The topological polar surface area (TPSA) is 34.1 Å². The van der Waals surface area contributed by atoms with Crippen molar-refractivity contribution in [2.24, 2.45) is 34.5 Å². The standard InChI is InChI=1S/C19H26O2/c1-18-9-7-13(20)11-12(18)3-4-14-15-5-6-17(21)19(15,2)10-8-16(14)18/h5-6,12,14-16H,3-4,7-11H2,1-2H3/t12-,14+,15+,16+,18+,19+/m1/s1. The van der Waals surface area contributed by atoms with Crippen molar-refractivity contribution < 1.29 is 9.59 Å². The molecule has 0 N–H and O–H groups in total. The van der Waals surface area contributed by atoms with Crippen LogP contribution in [0.4, 0.5) is 0 Å². The van der Waals surface area contributed by atoms with Crippen LogP contribution in [-0.4, -0.2) is 11.6 Å². The summed E-state index contributed by atoms with van der Waals surface area (Å²) in [4.78, 5) is 24.1. The first kappa shape index (κ1) is 13.7. The van der Waals surface area contributed by atoms with Crippen molar-refractivity contribution in [3.05, 3.63) is 12.2 Å². The van der Waals surface area contributed by atoms with Crippen LogP contribution in [0.15, 0.2) is 12.2 Å². The van der Waals surface area contributed by atoms with Crippen molar-refractivity contribution in [3.63, 3.8) is 0 Å². The van der Waals surface area contributed by atoms with Gasteiger partial charge < -0.3 is 0 Å². The van der Waals surface area contributed by atoms with Gasteiger partial charge >= 0.3 is 0 Å². The zero-order valence-corrected chi connectivity index (χ0v) is 13.2. The van der Waals surface area contributed by atoms with E-state index in [1.807, 2.05) is 6.08 Å². The van der Waals surface area contributed by atoms with E-state index in [0.29, 0.717) is 34.7 Å². The Bertz CT molecular complexity index is 534. The van der Waals surface area contributed by atoms with Gasteiger partial charge in [0, 0.05) is 18.3 Å². The molecule has 0 spiro atoms. The van der Waals surface area contributed by atoms with Crippen LogP contribution in [-0.2, 0) is 9.59 Å². The molecular formula is C19H26O2. The third-order valence-corrected chi connectivity index (χ3v) is 7.75. The molecule has 0 aliphatic heterocycles. The quantitative estimate of drug-likeness (QED) is 0.676. The Labute approximate surface area is 127 Å². The fraction of sp³-hybridized carbons (Fsp3) is 0.789. The zero-order valence-electron chi connectivity index (χ0n) is 13.2. The van der Waals surface area contributed by atoms with Gasteiger partial charge in [-0.25, -0.2) is 0 Å². The number of hydrogen-bond donors (Lipinski definition) is 0. The lowest BCUT2D eigenvalue weighted by Gasteiger charge is -2.59. The first-order chi connectivity index (χ1) is 9.95. The monoisotopic (exact) mass is 286 g/mol. The Morgan fingerprint density at radius 1 is 1.10 bits per heavy atom. The van der Waals surface area contributed by atoms with Gasteiger partial charge in [-0.3, -0.25) is 9.59 Å². The predicted molar refractivity (Wildman–Crippen MR) is 81.6 cm³/mol. The Morgan fingerprint density at radius 3 is 2.71 bits per heavy atom. The van der Waals surface area contributed by atoms with Crippen molar-refractivity contribution in [3.8, 4) is 0 Å². The highest BCUT2D eigenvalue weighted by atomic mass is 16.1. The van der Waals surface area contributed by atoms with E-state index < -0.39 is 0 Å². The van der Waals surface area contributed by atoms with Crippen LogP contribution in [0, 0.1) is 34.5 Å². The molecule has 0 amide bonds. The third-order valence-electron chi connectivity index (χ3n) is 7.75. The third kappa shape index (κ3) is 1.71. The molecule has 2 heteroatoms. The second kappa shape index (κ2) is 4.30. The Kier molecular flexibility index (Phi) is 2.81. The lowest BCUT2D eigenvalue weighted by Crippen LogP contribution is -2.53. The minimum Gasteiger partial charge on any atom is -0.300 e. The van der Waals surface area contributed by atoms with E-state index in [1.54, 1.807) is 0 Å². The van der Waals surface area contributed by atoms with Crippen molar-refractivity contribution in [2.45, 2.75) is 58.8 Å². The maximum Gasteiger partial charge on any atom is 0.161 e. The second-order valence-corrected chi connectivity index (χ2v) is 8.50. The molecule has 21 heavy (non-hydrogen) atoms. The average Bonchev–Trinajstić information content (AvgIpc) is 2.76. The molecule has 0 aromatic carbocycles. The van der Waals surface area contributed by atoms with Crippen molar-refractivity contribution in [1.29, 1.82) is 0 Å². The fourth-order valence-corrected chi connectivity index (χ4v) is 6.32. The molecule has 3 fully saturated rings. The van der Waals surface area contributed by atoms with E-state index in [0.717, 1.165) is 31.6 Å². The van der Waals surface area contributed by atoms with Crippen LogP contribution in [0.3, 0.4) is 0 Å². The summed E-state index contributed by atoms with van der Waals surface area (Å²) in [5.41, 5.74) is 0.229. The lowest BCUT2D eigenvalue weighted by atomic mass is 9.45. The summed E-state index contributed by atoms with van der Waals surface area (Å²) < 4.78 is 0. The molecule has 0 saturated heterocycles. The molecule has 3 saturated carbocycles. The summed E-state index contributed by atoms with van der Waals surface area (Å²) in [6.07, 6.45) is 11.4. The summed E-state index contributed by atoms with van der Waals surface area (Å²) in [5.74, 6) is 3.29. The van der Waals surface area contributed by atoms with Gasteiger partial charge in [-0.15, -0.1) is 0 Å². The van der Waals surface area contributed by atoms with E-state index >= 15 is 0 Å². The number of fused-ring (bicyclic) bond motifs is 5. The summed E-state index contributed by atoms with van der Waals surface area (Å²) in [6.45, 7) is 4.64. The molecule has 4 rings (SSSR count). The van der Waals surface area contributed by atoms with Crippen LogP contribution in [0.5, 0.6) is 0 Å². The van der Waals surface area contributed by atoms with Gasteiger partial charge in [0.05, 0.1) is 0 Å². The van der Waals surface area contributed by atoms with Crippen LogP contribution in [0.25, 0.3) is 0 Å². The number of hydrogen-bond acceptors (Lipinski definition) is 2. The Morgan fingerprint density at radius 2 is 1.90 bits per heavy atom. The smallest absolute Gasteiger partial charge is 0.161 e. The second-order valence-electron chi connectivity index (χ2n) is 8.50. The van der Waals surface area contributed by atoms with Crippen LogP contribution in [0.2, 0.25) is 0 Å². The SMILES string of the molecule is C[C@]12CCC(=O)C[C@H]1CC[C@@H]1[C@@H]2CC[C@]2(C)C(=O)C=C[C@@H]12. The van der Waals surface area contributed by atoms with Gasteiger partial charge in [-0.05, 0) is 67.3 Å². The first-order valence-corrected chi connectivity index (χ1v) is 8.69. The minimum atomic E-state index is -0.116. The first-order valence-electron chi connectivity index (χ1n) is 8.69. The van der Waals surface area contributed by atoms with Gasteiger partial charge in [0.25, 0.3) is 0 Å². The van der Waals surface area contributed by atoms with Gasteiger partial charge in [0.15, 0.2) is 5.78 Å². The van der Waals surface area contributed by atoms with E-state index in [4.69, 9.17) is 0 Å². The molecule has 4 aliphatic rings. The highest BCUT2D eigenvalue weighted by Crippen LogP contribution is 2.63. The molecule has 114 valence electrons. The number of ketones is 2.